The van der Waals surface area contributed by atoms with Crippen molar-refractivity contribution in [2.45, 2.75) is 19.6 Å². The van der Waals surface area contributed by atoms with E-state index in [2.05, 4.69) is 0 Å². The van der Waals surface area contributed by atoms with Gasteiger partial charge in [0.25, 0.3) is 11.8 Å². The molecule has 1 saturated heterocycles. The number of rotatable bonds is 5. The molecule has 5 nitrogen and oxygen atoms in total. The summed E-state index contributed by atoms with van der Waals surface area (Å²) in [7, 11) is 0. The molecule has 3 rings (SSSR count). The lowest BCUT2D eigenvalue weighted by molar-refractivity contribution is -0.144. The predicted molar refractivity (Wildman–Crippen MR) is 105 cm³/mol. The average molecular weight is 387 g/mol. The molecule has 0 bridgehead atoms. The minimum absolute atomic E-state index is 0.0351. The van der Waals surface area contributed by atoms with E-state index in [0.29, 0.717) is 43.4 Å². The van der Waals surface area contributed by atoms with Crippen molar-refractivity contribution in [2.24, 2.45) is 0 Å². The fraction of sp³-hybridized carbons (Fsp3) is 0.333. The van der Waals surface area contributed by atoms with Crippen LogP contribution < -0.4 is 0 Å². The number of ether oxygens (including phenoxy) is 1. The first-order valence-corrected chi connectivity index (χ1v) is 9.41. The molecule has 2 amide bonds. The lowest BCUT2D eigenvalue weighted by atomic mass is 10.1. The van der Waals surface area contributed by atoms with E-state index in [0.717, 1.165) is 5.56 Å². The van der Waals surface area contributed by atoms with Crippen LogP contribution in [0.25, 0.3) is 0 Å². The van der Waals surface area contributed by atoms with Gasteiger partial charge in [0.2, 0.25) is 0 Å². The summed E-state index contributed by atoms with van der Waals surface area (Å²) < 4.78 is 5.71. The molecule has 1 fully saturated rings. The molecule has 2 aromatic rings. The van der Waals surface area contributed by atoms with Crippen molar-refractivity contribution >= 4 is 23.4 Å². The molecule has 0 saturated carbocycles. The highest BCUT2D eigenvalue weighted by Crippen LogP contribution is 2.14. The largest absolute Gasteiger partial charge is 0.364 e. The molecule has 142 valence electrons. The van der Waals surface area contributed by atoms with Crippen LogP contribution in [-0.2, 0) is 16.1 Å². The molecule has 0 radical (unpaired) electrons. The topological polar surface area (TPSA) is 49.9 Å². The second-order valence-electron chi connectivity index (χ2n) is 6.56. The fourth-order valence-electron chi connectivity index (χ4n) is 3.03. The Kier molecular flexibility index (Phi) is 6.48. The Labute approximate surface area is 164 Å². The van der Waals surface area contributed by atoms with Crippen LogP contribution in [0.1, 0.15) is 22.8 Å². The molecule has 0 aromatic heterocycles. The molecule has 2 aromatic carbocycles. The van der Waals surface area contributed by atoms with Crippen LogP contribution in [0.5, 0.6) is 0 Å². The van der Waals surface area contributed by atoms with Crippen LogP contribution in [0.4, 0.5) is 0 Å². The quantitative estimate of drug-likeness (QED) is 0.792. The average Bonchev–Trinajstić information content (AvgIpc) is 2.72. The third-order valence-electron chi connectivity index (χ3n) is 4.66. The van der Waals surface area contributed by atoms with E-state index in [1.54, 1.807) is 41.0 Å². The maximum Gasteiger partial charge on any atom is 0.253 e. The zero-order chi connectivity index (χ0) is 19.2. The van der Waals surface area contributed by atoms with E-state index in [1.165, 1.54) is 0 Å². The Morgan fingerprint density at radius 3 is 2.19 bits per heavy atom. The number of amides is 2. The van der Waals surface area contributed by atoms with Crippen molar-refractivity contribution in [3.63, 3.8) is 0 Å². The smallest absolute Gasteiger partial charge is 0.253 e. The summed E-state index contributed by atoms with van der Waals surface area (Å²) in [6, 6.07) is 16.6. The molecular weight excluding hydrogens is 364 g/mol. The van der Waals surface area contributed by atoms with Gasteiger partial charge in [-0.1, -0.05) is 41.9 Å². The number of hydrogen-bond donors (Lipinski definition) is 0. The Hall–Kier alpha value is -2.37. The first-order chi connectivity index (χ1) is 13.0. The summed E-state index contributed by atoms with van der Waals surface area (Å²) in [4.78, 5) is 28.7. The number of halogens is 1. The van der Waals surface area contributed by atoms with Crippen molar-refractivity contribution < 1.29 is 14.3 Å². The Morgan fingerprint density at radius 2 is 1.56 bits per heavy atom. The van der Waals surface area contributed by atoms with E-state index in [1.807, 2.05) is 30.3 Å². The van der Waals surface area contributed by atoms with Crippen molar-refractivity contribution in [1.29, 1.82) is 0 Å². The molecule has 1 atom stereocenters. The normalized spacial score (nSPS) is 15.5. The van der Waals surface area contributed by atoms with Crippen LogP contribution in [0, 0.1) is 0 Å². The van der Waals surface area contributed by atoms with Gasteiger partial charge in [0.15, 0.2) is 0 Å². The van der Waals surface area contributed by atoms with Gasteiger partial charge in [-0.25, -0.2) is 0 Å². The van der Waals surface area contributed by atoms with Gasteiger partial charge in [0.1, 0.15) is 6.10 Å². The number of benzene rings is 2. The Bertz CT molecular complexity index is 772. The molecule has 1 aliphatic rings. The maximum atomic E-state index is 12.6. The van der Waals surface area contributed by atoms with Crippen molar-refractivity contribution in [2.75, 3.05) is 26.2 Å². The van der Waals surface area contributed by atoms with Crippen LogP contribution in [0.3, 0.4) is 0 Å². The van der Waals surface area contributed by atoms with Gasteiger partial charge in [0, 0.05) is 36.8 Å². The summed E-state index contributed by atoms with van der Waals surface area (Å²) >= 11 is 5.87. The first-order valence-electron chi connectivity index (χ1n) is 9.04. The standard InChI is InChI=1S/C21H23ClN2O3/c1-16(27-15-17-5-3-2-4-6-17)20(25)23-11-13-24(14-12-23)21(26)18-7-9-19(22)10-8-18/h2-10,16H,11-15H2,1H3. The molecule has 6 heteroatoms. The lowest BCUT2D eigenvalue weighted by Gasteiger charge is -2.36. The summed E-state index contributed by atoms with van der Waals surface area (Å²) in [6.45, 7) is 4.23. The number of carbonyl (C=O) groups excluding carboxylic acids is 2. The molecular formula is C21H23ClN2O3. The second kappa shape index (κ2) is 9.02. The highest BCUT2D eigenvalue weighted by atomic mass is 35.5. The minimum Gasteiger partial charge on any atom is -0.364 e. The number of hydrogen-bond acceptors (Lipinski definition) is 3. The number of nitrogens with zero attached hydrogens (tertiary/aromatic N) is 2. The van der Waals surface area contributed by atoms with Crippen LogP contribution in [0.2, 0.25) is 5.02 Å². The summed E-state index contributed by atoms with van der Waals surface area (Å²) in [5.74, 6) is -0.0725. The third-order valence-corrected chi connectivity index (χ3v) is 4.91. The van der Waals surface area contributed by atoms with Crippen LogP contribution in [-0.4, -0.2) is 53.9 Å². The predicted octanol–water partition coefficient (Wildman–Crippen LogP) is 3.23. The second-order valence-corrected chi connectivity index (χ2v) is 7.00. The summed E-state index contributed by atoms with van der Waals surface area (Å²) in [5, 5.41) is 0.603. The van der Waals surface area contributed by atoms with Crippen LogP contribution >= 0.6 is 11.6 Å². The zero-order valence-corrected chi connectivity index (χ0v) is 16.1. The number of carbonyl (C=O) groups is 2. The molecule has 0 aliphatic carbocycles. The van der Waals surface area contributed by atoms with E-state index >= 15 is 0 Å². The van der Waals surface area contributed by atoms with Gasteiger partial charge in [-0.05, 0) is 36.8 Å². The van der Waals surface area contributed by atoms with Gasteiger partial charge in [-0.15, -0.1) is 0 Å². The van der Waals surface area contributed by atoms with E-state index in [4.69, 9.17) is 16.3 Å². The monoisotopic (exact) mass is 386 g/mol. The van der Waals surface area contributed by atoms with E-state index < -0.39 is 6.10 Å². The Morgan fingerprint density at radius 1 is 0.963 bits per heavy atom. The first kappa shape index (κ1) is 19.4. The summed E-state index contributed by atoms with van der Waals surface area (Å²) in [5.41, 5.74) is 1.65. The van der Waals surface area contributed by atoms with Gasteiger partial charge in [-0.2, -0.15) is 0 Å². The third kappa shape index (κ3) is 5.08. The highest BCUT2D eigenvalue weighted by Gasteiger charge is 2.27. The van der Waals surface area contributed by atoms with Crippen molar-refractivity contribution in [1.82, 2.24) is 9.80 Å². The van der Waals surface area contributed by atoms with Crippen LogP contribution in [0.15, 0.2) is 54.6 Å². The molecule has 0 N–H and O–H groups in total. The maximum absolute atomic E-state index is 12.6. The van der Waals surface area contributed by atoms with Crippen molar-refractivity contribution in [3.8, 4) is 0 Å². The molecule has 0 spiro atoms. The van der Waals surface area contributed by atoms with Gasteiger partial charge >= 0.3 is 0 Å². The Balaban J connectivity index is 1.48. The minimum atomic E-state index is -0.510. The summed E-state index contributed by atoms with van der Waals surface area (Å²) in [6.07, 6.45) is -0.510. The van der Waals surface area contributed by atoms with Crippen molar-refractivity contribution in [3.05, 3.63) is 70.7 Å². The molecule has 27 heavy (non-hydrogen) atoms. The van der Waals surface area contributed by atoms with E-state index in [-0.39, 0.29) is 11.8 Å². The molecule has 1 unspecified atom stereocenters. The van der Waals surface area contributed by atoms with E-state index in [9.17, 15) is 9.59 Å². The van der Waals surface area contributed by atoms with Gasteiger partial charge in [-0.3, -0.25) is 9.59 Å². The SMILES string of the molecule is CC(OCc1ccccc1)C(=O)N1CCN(C(=O)c2ccc(Cl)cc2)CC1. The van der Waals surface area contributed by atoms with Gasteiger partial charge < -0.3 is 14.5 Å². The highest BCUT2D eigenvalue weighted by molar-refractivity contribution is 6.30. The lowest BCUT2D eigenvalue weighted by Crippen LogP contribution is -2.52. The number of piperazine rings is 1. The fourth-order valence-corrected chi connectivity index (χ4v) is 3.15. The molecule has 1 heterocycles. The zero-order valence-electron chi connectivity index (χ0n) is 15.3. The van der Waals surface area contributed by atoms with Gasteiger partial charge in [0.05, 0.1) is 6.61 Å². The molecule has 1 aliphatic heterocycles.